The molecule has 0 aliphatic rings. The van der Waals surface area contributed by atoms with Gasteiger partial charge in [-0.1, -0.05) is 0 Å². The molecular weight excluding hydrogens is 330 g/mol. The summed E-state index contributed by atoms with van der Waals surface area (Å²) >= 11 is 0. The molecule has 0 saturated carbocycles. The molecule has 0 spiro atoms. The summed E-state index contributed by atoms with van der Waals surface area (Å²) < 4.78 is 126. The average molecular weight is 341 g/mol. The lowest BCUT2D eigenvalue weighted by atomic mass is 10.1. The highest BCUT2D eigenvalue weighted by Crippen LogP contribution is 2.53. The van der Waals surface area contributed by atoms with Crippen LogP contribution >= 0.6 is 0 Å². The van der Waals surface area contributed by atoms with Crippen molar-refractivity contribution in [2.45, 2.75) is 29.9 Å². The third-order valence-electron chi connectivity index (χ3n) is 1.64. The van der Waals surface area contributed by atoms with Gasteiger partial charge in [0.05, 0.1) is 0 Å². The Morgan fingerprint density at radius 2 is 1.10 bits per heavy atom. The van der Waals surface area contributed by atoms with E-state index in [4.69, 9.17) is 4.55 Å². The maximum absolute atomic E-state index is 12.5. The van der Waals surface area contributed by atoms with Gasteiger partial charge in [-0.2, -0.15) is 43.5 Å². The number of rotatable bonds is 4. The number of nitrogens with one attached hydrogen (secondary N) is 1. The minimum absolute atomic E-state index is 0.805. The van der Waals surface area contributed by atoms with E-state index < -0.39 is 40.1 Å². The molecule has 0 unspecified atom stereocenters. The van der Waals surface area contributed by atoms with Gasteiger partial charge >= 0.3 is 33.1 Å². The van der Waals surface area contributed by atoms with Gasteiger partial charge in [-0.3, -0.25) is 4.55 Å². The number of alkyl halides is 8. The fourth-order valence-corrected chi connectivity index (χ4v) is 1.07. The molecule has 0 aliphatic heterocycles. The maximum atomic E-state index is 12.5. The minimum Gasteiger partial charge on any atom is -0.323 e. The molecule has 0 radical (unpaired) electrons. The smallest absolute Gasteiger partial charge is 0.323 e. The van der Waals surface area contributed by atoms with Crippen molar-refractivity contribution in [1.82, 2.24) is 5.32 Å². The van der Waals surface area contributed by atoms with Crippen LogP contribution in [0, 0.1) is 0 Å². The second kappa shape index (κ2) is 5.97. The summed E-state index contributed by atoms with van der Waals surface area (Å²) in [6.45, 7) is -0.805. The molecule has 0 aliphatic carbocycles. The first-order valence-corrected chi connectivity index (χ1v) is 5.92. The van der Waals surface area contributed by atoms with Crippen LogP contribution in [-0.2, 0) is 10.1 Å². The molecule has 0 aromatic carbocycles. The molecule has 4 nitrogen and oxygen atoms in total. The van der Waals surface area contributed by atoms with E-state index in [9.17, 15) is 43.5 Å². The van der Waals surface area contributed by atoms with Crippen molar-refractivity contribution in [2.24, 2.45) is 0 Å². The maximum Gasteiger partial charge on any atom is 0.438 e. The minimum atomic E-state index is -7.00. The zero-order chi connectivity index (χ0) is 17.2. The summed E-state index contributed by atoms with van der Waals surface area (Å²) in [5, 5.41) is -4.01. The number of hydrogen-bond donors (Lipinski definition) is 2. The van der Waals surface area contributed by atoms with Crippen molar-refractivity contribution < 1.29 is 48.1 Å². The van der Waals surface area contributed by atoms with Crippen LogP contribution in [0.1, 0.15) is 6.92 Å². The predicted molar refractivity (Wildman–Crippen MR) is 52.0 cm³/mol. The van der Waals surface area contributed by atoms with E-state index in [-0.39, 0.29) is 0 Å². The Labute approximate surface area is 108 Å². The molecule has 0 atom stereocenters. The van der Waals surface area contributed by atoms with Gasteiger partial charge in [0.25, 0.3) is 0 Å². The lowest BCUT2D eigenvalue weighted by Crippen LogP contribution is -2.63. The fourth-order valence-electron chi connectivity index (χ4n) is 0.620. The van der Waals surface area contributed by atoms with Gasteiger partial charge in [-0.05, 0) is 14.1 Å². The van der Waals surface area contributed by atoms with E-state index in [2.05, 4.69) is 5.32 Å². The van der Waals surface area contributed by atoms with E-state index in [0.29, 0.717) is 0 Å². The van der Waals surface area contributed by atoms with Crippen molar-refractivity contribution in [3.63, 3.8) is 0 Å². The van der Waals surface area contributed by atoms with Crippen LogP contribution in [0.3, 0.4) is 0 Å². The second-order valence-corrected chi connectivity index (χ2v) is 4.99. The Kier molecular flexibility index (Phi) is 6.45. The lowest BCUT2D eigenvalue weighted by Gasteiger charge is -2.33. The highest BCUT2D eigenvalue weighted by atomic mass is 32.2. The zero-order valence-corrected chi connectivity index (χ0v) is 11.0. The molecule has 0 saturated heterocycles. The molecule has 124 valence electrons. The summed E-state index contributed by atoms with van der Waals surface area (Å²) in [4.78, 5) is 0. The highest BCUT2D eigenvalue weighted by molar-refractivity contribution is 7.87. The molecule has 2 N–H and O–H groups in total. The number of hydrogen-bond acceptors (Lipinski definition) is 3. The van der Waals surface area contributed by atoms with Crippen LogP contribution in [0.25, 0.3) is 0 Å². The summed E-state index contributed by atoms with van der Waals surface area (Å²) in [6.07, 6.45) is 0. The Hall–Kier alpha value is -0.690. The van der Waals surface area contributed by atoms with Gasteiger partial charge in [0, 0.05) is 6.92 Å². The molecule has 0 amide bonds. The molecule has 0 rings (SSSR count). The molecule has 20 heavy (non-hydrogen) atoms. The van der Waals surface area contributed by atoms with Crippen LogP contribution in [-0.4, -0.2) is 50.1 Å². The van der Waals surface area contributed by atoms with Gasteiger partial charge in [-0.15, -0.1) is 0 Å². The molecule has 0 aromatic heterocycles. The number of halogens is 8. The SMILES string of the molecule is CC(F)(F)C(F)(F)C(F)(F)C(F)(F)S(=O)(=O)O.CNC. The van der Waals surface area contributed by atoms with Crippen LogP contribution in [0.15, 0.2) is 0 Å². The van der Waals surface area contributed by atoms with E-state index in [1.165, 1.54) is 0 Å². The van der Waals surface area contributed by atoms with Crippen molar-refractivity contribution in [2.75, 3.05) is 14.1 Å². The zero-order valence-electron chi connectivity index (χ0n) is 10.2. The summed E-state index contributed by atoms with van der Waals surface area (Å²) in [7, 11) is -3.25. The fraction of sp³-hybridized carbons (Fsp3) is 1.00. The Balaban J connectivity index is 0. The van der Waals surface area contributed by atoms with E-state index in [1.807, 2.05) is 14.1 Å². The summed E-state index contributed by atoms with van der Waals surface area (Å²) in [6, 6.07) is 0. The first kappa shape index (κ1) is 21.6. The summed E-state index contributed by atoms with van der Waals surface area (Å²) in [5.41, 5.74) is 0. The van der Waals surface area contributed by atoms with Crippen LogP contribution in [0.4, 0.5) is 35.1 Å². The Morgan fingerprint density at radius 1 is 0.850 bits per heavy atom. The van der Waals surface area contributed by atoms with E-state index in [0.717, 1.165) is 0 Å². The van der Waals surface area contributed by atoms with Gasteiger partial charge in [0.2, 0.25) is 0 Å². The normalized spacial score (nSPS) is 14.6. The average Bonchev–Trinajstić information content (AvgIpc) is 2.14. The van der Waals surface area contributed by atoms with Crippen molar-refractivity contribution in [3.05, 3.63) is 0 Å². The van der Waals surface area contributed by atoms with Gasteiger partial charge in [-0.25, -0.2) is 0 Å². The van der Waals surface area contributed by atoms with Crippen molar-refractivity contribution >= 4 is 10.1 Å². The van der Waals surface area contributed by atoms with Crippen molar-refractivity contribution in [3.8, 4) is 0 Å². The standard InChI is InChI=1S/C5H4F8O3S.C2H7N/c1-2(6,7)3(8,9)4(10,11)5(12,13)17(14,15)16;1-3-2/h1H3,(H,14,15,16);3H,1-2H3. The first-order chi connectivity index (χ1) is 8.41. The quantitative estimate of drug-likeness (QED) is 0.608. The van der Waals surface area contributed by atoms with Gasteiger partial charge < -0.3 is 5.32 Å². The van der Waals surface area contributed by atoms with Crippen LogP contribution < -0.4 is 5.32 Å². The molecule has 0 heterocycles. The lowest BCUT2D eigenvalue weighted by molar-refractivity contribution is -0.343. The molecule has 0 fully saturated rings. The second-order valence-electron chi connectivity index (χ2n) is 3.53. The first-order valence-electron chi connectivity index (χ1n) is 4.48. The Bertz CT molecular complexity index is 416. The van der Waals surface area contributed by atoms with Gasteiger partial charge in [0.15, 0.2) is 0 Å². The largest absolute Gasteiger partial charge is 0.438 e. The third-order valence-corrected chi connectivity index (χ3v) is 2.54. The van der Waals surface area contributed by atoms with E-state index >= 15 is 0 Å². The van der Waals surface area contributed by atoms with Crippen LogP contribution in [0.5, 0.6) is 0 Å². The molecule has 0 aromatic rings. The third kappa shape index (κ3) is 3.69. The van der Waals surface area contributed by atoms with Gasteiger partial charge in [0.1, 0.15) is 0 Å². The molecule has 13 heteroatoms. The van der Waals surface area contributed by atoms with E-state index in [1.54, 1.807) is 0 Å². The topological polar surface area (TPSA) is 66.4 Å². The van der Waals surface area contributed by atoms with Crippen LogP contribution in [0.2, 0.25) is 0 Å². The molecule has 0 bridgehead atoms. The monoisotopic (exact) mass is 341 g/mol. The predicted octanol–water partition coefficient (Wildman–Crippen LogP) is 2.23. The van der Waals surface area contributed by atoms with Crippen molar-refractivity contribution in [1.29, 1.82) is 0 Å². The summed E-state index contributed by atoms with van der Waals surface area (Å²) in [5.74, 6) is -19.3. The highest BCUT2D eigenvalue weighted by Gasteiger charge is 2.83. The molecular formula is C7H11F8NO3S. The Morgan fingerprint density at radius 3 is 1.25 bits per heavy atom.